The highest BCUT2D eigenvalue weighted by Gasteiger charge is 2.40. The zero-order valence-electron chi connectivity index (χ0n) is 21.5. The summed E-state index contributed by atoms with van der Waals surface area (Å²) in [5.74, 6) is 2.38. The summed E-state index contributed by atoms with van der Waals surface area (Å²) in [7, 11) is 0. The topological polar surface area (TPSA) is 15.7 Å². The smallest absolute Gasteiger partial charge is 0.125 e. The molecule has 2 aliphatic carbocycles. The molecule has 0 saturated heterocycles. The zero-order valence-corrected chi connectivity index (χ0v) is 21.5. The van der Waals surface area contributed by atoms with Crippen LogP contribution in [0.25, 0.3) is 0 Å². The van der Waals surface area contributed by atoms with Crippen molar-refractivity contribution < 1.29 is 4.74 Å². The molecule has 0 aromatic heterocycles. The van der Waals surface area contributed by atoms with E-state index in [0.717, 1.165) is 11.5 Å². The average molecular weight is 505 g/mol. The fourth-order valence-electron chi connectivity index (χ4n) is 6.70. The van der Waals surface area contributed by atoms with Crippen molar-refractivity contribution in [1.29, 1.82) is 0 Å². The van der Waals surface area contributed by atoms with Crippen LogP contribution in [0.2, 0.25) is 0 Å². The van der Waals surface area contributed by atoms with Gasteiger partial charge in [0, 0.05) is 34.6 Å². The standard InChI is InChI=1S/C36H28N2O/c1-3-11-25(12-4-1)37-33-17-9-7-15-29(33)31-21-19-27(23-35(31)37)39-28-20-22-32-30-16-8-10-18-34(30)38(36(32)24-28)26-13-5-2-6-14-26/h1-24,31-32,35-36H. The molecule has 4 unspecified atom stereocenters. The molecule has 188 valence electrons. The van der Waals surface area contributed by atoms with E-state index in [1.54, 1.807) is 0 Å². The minimum Gasteiger partial charge on any atom is -0.458 e. The van der Waals surface area contributed by atoms with Gasteiger partial charge in [-0.25, -0.2) is 0 Å². The van der Waals surface area contributed by atoms with E-state index >= 15 is 0 Å². The molecule has 3 nitrogen and oxygen atoms in total. The summed E-state index contributed by atoms with van der Waals surface area (Å²) < 4.78 is 6.61. The molecule has 0 bridgehead atoms. The Hall–Kier alpha value is -4.76. The maximum atomic E-state index is 6.61. The lowest BCUT2D eigenvalue weighted by atomic mass is 9.90. The summed E-state index contributed by atoms with van der Waals surface area (Å²) in [4.78, 5) is 4.89. The number of benzene rings is 4. The molecule has 2 heterocycles. The number of fused-ring (bicyclic) bond motifs is 6. The Labute approximate surface area is 229 Å². The maximum absolute atomic E-state index is 6.61. The molecule has 8 rings (SSSR count). The summed E-state index contributed by atoms with van der Waals surface area (Å²) >= 11 is 0. The van der Waals surface area contributed by atoms with Crippen molar-refractivity contribution in [2.75, 3.05) is 9.80 Å². The molecule has 4 aliphatic rings. The van der Waals surface area contributed by atoms with Gasteiger partial charge in [-0.3, -0.25) is 0 Å². The SMILES string of the molecule is C1=CC2c3ccccc3N(c3ccccc3)C2C=C1OC1=CC2C(C=C1)c1ccccc1N2c1ccccc1. The molecule has 0 N–H and O–H groups in total. The van der Waals surface area contributed by atoms with Gasteiger partial charge in [0.1, 0.15) is 11.5 Å². The van der Waals surface area contributed by atoms with Gasteiger partial charge in [-0.1, -0.05) is 84.9 Å². The van der Waals surface area contributed by atoms with Gasteiger partial charge in [-0.15, -0.1) is 0 Å². The van der Waals surface area contributed by atoms with Crippen LogP contribution in [-0.2, 0) is 4.74 Å². The van der Waals surface area contributed by atoms with Crippen LogP contribution in [0, 0.1) is 0 Å². The number of hydrogen-bond acceptors (Lipinski definition) is 3. The Kier molecular flexibility index (Phi) is 5.09. The number of anilines is 4. The number of nitrogens with zero attached hydrogens (tertiary/aromatic N) is 2. The second-order valence-electron chi connectivity index (χ2n) is 10.5. The van der Waals surface area contributed by atoms with Crippen molar-refractivity contribution in [2.45, 2.75) is 23.9 Å². The van der Waals surface area contributed by atoms with Crippen molar-refractivity contribution in [1.82, 2.24) is 0 Å². The molecule has 0 saturated carbocycles. The highest BCUT2D eigenvalue weighted by Crippen LogP contribution is 2.50. The van der Waals surface area contributed by atoms with Crippen LogP contribution in [0.4, 0.5) is 22.7 Å². The maximum Gasteiger partial charge on any atom is 0.125 e. The number of rotatable bonds is 4. The van der Waals surface area contributed by atoms with E-state index in [1.807, 2.05) is 0 Å². The molecule has 0 fully saturated rings. The normalized spacial score (nSPS) is 23.9. The van der Waals surface area contributed by atoms with Crippen LogP contribution >= 0.6 is 0 Å². The van der Waals surface area contributed by atoms with E-state index in [4.69, 9.17) is 4.74 Å². The Morgan fingerprint density at radius 3 is 1.33 bits per heavy atom. The van der Waals surface area contributed by atoms with Gasteiger partial charge in [-0.05, 0) is 71.8 Å². The lowest BCUT2D eigenvalue weighted by Crippen LogP contribution is -2.30. The van der Waals surface area contributed by atoms with Crippen LogP contribution in [0.15, 0.2) is 157 Å². The Morgan fingerprint density at radius 2 is 0.872 bits per heavy atom. The molecular weight excluding hydrogens is 476 g/mol. The molecule has 39 heavy (non-hydrogen) atoms. The van der Waals surface area contributed by atoms with Crippen molar-refractivity contribution in [3.63, 3.8) is 0 Å². The van der Waals surface area contributed by atoms with Gasteiger partial charge in [0.2, 0.25) is 0 Å². The van der Waals surface area contributed by atoms with Crippen molar-refractivity contribution in [2.24, 2.45) is 0 Å². The summed E-state index contributed by atoms with van der Waals surface area (Å²) in [5, 5.41) is 0. The third-order valence-electron chi connectivity index (χ3n) is 8.35. The first kappa shape index (κ1) is 22.2. The predicted molar refractivity (Wildman–Crippen MR) is 159 cm³/mol. The minimum absolute atomic E-state index is 0.169. The third kappa shape index (κ3) is 3.58. The number of hydrogen-bond donors (Lipinski definition) is 0. The second-order valence-corrected chi connectivity index (χ2v) is 10.5. The average Bonchev–Trinajstić information content (AvgIpc) is 3.50. The van der Waals surface area contributed by atoms with E-state index in [9.17, 15) is 0 Å². The van der Waals surface area contributed by atoms with E-state index in [0.29, 0.717) is 11.8 Å². The highest BCUT2D eigenvalue weighted by atomic mass is 16.5. The van der Waals surface area contributed by atoms with Crippen LogP contribution in [-0.4, -0.2) is 12.1 Å². The van der Waals surface area contributed by atoms with Gasteiger partial charge < -0.3 is 14.5 Å². The molecule has 2 aliphatic heterocycles. The summed E-state index contributed by atoms with van der Waals surface area (Å²) in [6, 6.07) is 39.2. The molecule has 4 aromatic rings. The van der Waals surface area contributed by atoms with Crippen molar-refractivity contribution in [3.8, 4) is 0 Å². The summed E-state index contributed by atoms with van der Waals surface area (Å²) in [6.07, 6.45) is 13.5. The van der Waals surface area contributed by atoms with Crippen LogP contribution < -0.4 is 9.80 Å². The molecule has 0 radical (unpaired) electrons. The summed E-state index contributed by atoms with van der Waals surface area (Å²) in [6.45, 7) is 0. The summed E-state index contributed by atoms with van der Waals surface area (Å²) in [5.41, 5.74) is 7.65. The first-order valence-corrected chi connectivity index (χ1v) is 13.7. The molecular formula is C36H28N2O. The molecule has 0 spiro atoms. The number of allylic oxidation sites excluding steroid dienone is 2. The van der Waals surface area contributed by atoms with Crippen molar-refractivity contribution >= 4 is 22.7 Å². The molecule has 0 amide bonds. The highest BCUT2D eigenvalue weighted by molar-refractivity contribution is 5.76. The fraction of sp³-hybridized carbons (Fsp3) is 0.111. The van der Waals surface area contributed by atoms with E-state index in [-0.39, 0.29) is 12.1 Å². The quantitative estimate of drug-likeness (QED) is 0.277. The number of ether oxygens (including phenoxy) is 1. The monoisotopic (exact) mass is 504 g/mol. The first-order chi connectivity index (χ1) is 19.3. The van der Waals surface area contributed by atoms with Gasteiger partial charge >= 0.3 is 0 Å². The van der Waals surface area contributed by atoms with E-state index in [1.165, 1.54) is 33.9 Å². The fourth-order valence-corrected chi connectivity index (χ4v) is 6.70. The van der Waals surface area contributed by atoms with Crippen molar-refractivity contribution in [3.05, 3.63) is 168 Å². The zero-order chi connectivity index (χ0) is 25.8. The minimum atomic E-state index is 0.169. The van der Waals surface area contributed by atoms with Gasteiger partial charge in [-0.2, -0.15) is 0 Å². The lowest BCUT2D eigenvalue weighted by Gasteiger charge is -2.31. The van der Waals surface area contributed by atoms with Crippen LogP contribution in [0.3, 0.4) is 0 Å². The Morgan fingerprint density at radius 1 is 0.462 bits per heavy atom. The second kappa shape index (κ2) is 8.92. The molecule has 4 atom stereocenters. The molecule has 4 aromatic carbocycles. The number of para-hydroxylation sites is 4. The predicted octanol–water partition coefficient (Wildman–Crippen LogP) is 8.52. The van der Waals surface area contributed by atoms with Gasteiger partial charge in [0.05, 0.1) is 12.1 Å². The van der Waals surface area contributed by atoms with Gasteiger partial charge in [0.25, 0.3) is 0 Å². The Balaban J connectivity index is 1.13. The Bertz CT molecular complexity index is 1540. The van der Waals surface area contributed by atoms with E-state index < -0.39 is 0 Å². The van der Waals surface area contributed by atoms with E-state index in [2.05, 4.69) is 155 Å². The van der Waals surface area contributed by atoms with Crippen LogP contribution in [0.1, 0.15) is 23.0 Å². The lowest BCUT2D eigenvalue weighted by molar-refractivity contribution is 0.324. The molecule has 3 heteroatoms. The first-order valence-electron chi connectivity index (χ1n) is 13.7. The third-order valence-corrected chi connectivity index (χ3v) is 8.35. The van der Waals surface area contributed by atoms with Crippen LogP contribution in [0.5, 0.6) is 0 Å². The van der Waals surface area contributed by atoms with Gasteiger partial charge in [0.15, 0.2) is 0 Å². The largest absolute Gasteiger partial charge is 0.458 e.